The van der Waals surface area contributed by atoms with Gasteiger partial charge in [-0.1, -0.05) is 0 Å². The molecule has 0 aliphatic carbocycles. The lowest BCUT2D eigenvalue weighted by Crippen LogP contribution is -2.45. The zero-order chi connectivity index (χ0) is 15.2. The zero-order valence-electron chi connectivity index (χ0n) is 10.8. The van der Waals surface area contributed by atoms with E-state index in [2.05, 4.69) is 10.6 Å². The molecular formula is C12H16F3N3O2. The van der Waals surface area contributed by atoms with Gasteiger partial charge in [-0.2, -0.15) is 13.2 Å². The number of alkyl halides is 3. The quantitative estimate of drug-likeness (QED) is 0.774. The second-order valence-corrected chi connectivity index (χ2v) is 4.06. The summed E-state index contributed by atoms with van der Waals surface area (Å²) >= 11 is 0. The van der Waals surface area contributed by atoms with Crippen LogP contribution in [0.15, 0.2) is 24.3 Å². The molecule has 0 bridgehead atoms. The summed E-state index contributed by atoms with van der Waals surface area (Å²) < 4.78 is 41.9. The third-order valence-corrected chi connectivity index (χ3v) is 2.46. The van der Waals surface area contributed by atoms with Gasteiger partial charge in [-0.15, -0.1) is 0 Å². The fourth-order valence-corrected chi connectivity index (χ4v) is 1.46. The van der Waals surface area contributed by atoms with Crippen molar-refractivity contribution in [1.29, 1.82) is 0 Å². The number of nitrogens with one attached hydrogen (secondary N) is 2. The maximum atomic E-state index is 12.4. The zero-order valence-corrected chi connectivity index (χ0v) is 10.8. The lowest BCUT2D eigenvalue weighted by atomic mass is 10.2. The Labute approximate surface area is 114 Å². The number of nitrogens with two attached hydrogens (primary N) is 1. The van der Waals surface area contributed by atoms with Crippen LogP contribution in [0.5, 0.6) is 0 Å². The predicted molar refractivity (Wildman–Crippen MR) is 68.3 cm³/mol. The first kappa shape index (κ1) is 16.3. The van der Waals surface area contributed by atoms with Crippen molar-refractivity contribution in [3.05, 3.63) is 29.8 Å². The van der Waals surface area contributed by atoms with E-state index in [0.29, 0.717) is 0 Å². The fraction of sp³-hybridized carbons (Fsp3) is 0.417. The molecule has 1 rings (SSSR count). The number of carbonyl (C=O) groups excluding carboxylic acids is 1. The molecule has 0 fully saturated rings. The van der Waals surface area contributed by atoms with E-state index in [-0.39, 0.29) is 24.9 Å². The molecule has 0 aliphatic heterocycles. The van der Waals surface area contributed by atoms with Crippen LogP contribution in [0.25, 0.3) is 0 Å². The number of benzene rings is 1. The number of ether oxygens (including phenoxy) is 1. The van der Waals surface area contributed by atoms with Gasteiger partial charge in [-0.05, 0) is 24.3 Å². The van der Waals surface area contributed by atoms with Crippen LogP contribution in [0.1, 0.15) is 5.56 Å². The van der Waals surface area contributed by atoms with Crippen LogP contribution < -0.4 is 16.4 Å². The molecule has 1 atom stereocenters. The van der Waals surface area contributed by atoms with Gasteiger partial charge in [0.15, 0.2) is 0 Å². The lowest BCUT2D eigenvalue weighted by molar-refractivity contribution is -0.137. The van der Waals surface area contributed by atoms with Crippen LogP contribution in [-0.2, 0) is 10.9 Å². The van der Waals surface area contributed by atoms with Crippen molar-refractivity contribution in [2.24, 2.45) is 5.73 Å². The monoisotopic (exact) mass is 291 g/mol. The minimum atomic E-state index is -4.40. The van der Waals surface area contributed by atoms with Crippen molar-refractivity contribution in [2.45, 2.75) is 12.2 Å². The predicted octanol–water partition coefficient (Wildman–Crippen LogP) is 1.80. The number of rotatable bonds is 5. The minimum absolute atomic E-state index is 0.189. The molecule has 0 aliphatic rings. The van der Waals surface area contributed by atoms with E-state index < -0.39 is 17.8 Å². The number of urea groups is 1. The summed E-state index contributed by atoms with van der Waals surface area (Å²) in [5, 5.41) is 4.95. The second-order valence-electron chi connectivity index (χ2n) is 4.06. The largest absolute Gasteiger partial charge is 0.416 e. The molecule has 0 aromatic heterocycles. The first-order chi connectivity index (χ1) is 9.36. The smallest absolute Gasteiger partial charge is 0.383 e. The molecule has 8 heteroatoms. The Morgan fingerprint density at radius 3 is 2.40 bits per heavy atom. The van der Waals surface area contributed by atoms with Gasteiger partial charge in [-0.3, -0.25) is 0 Å². The summed E-state index contributed by atoms with van der Waals surface area (Å²) in [6.07, 6.45) is -4.40. The van der Waals surface area contributed by atoms with E-state index in [1.54, 1.807) is 0 Å². The first-order valence-electron chi connectivity index (χ1n) is 5.80. The summed E-state index contributed by atoms with van der Waals surface area (Å²) in [7, 11) is 1.47. The number of halogens is 3. The summed E-state index contributed by atoms with van der Waals surface area (Å²) in [5.41, 5.74) is 4.90. The minimum Gasteiger partial charge on any atom is -0.383 e. The Morgan fingerprint density at radius 2 is 1.95 bits per heavy atom. The number of carbonyl (C=O) groups is 1. The molecule has 1 unspecified atom stereocenters. The van der Waals surface area contributed by atoms with Crippen LogP contribution in [0.3, 0.4) is 0 Å². The molecule has 20 heavy (non-hydrogen) atoms. The fourth-order valence-electron chi connectivity index (χ4n) is 1.46. The van der Waals surface area contributed by atoms with Gasteiger partial charge < -0.3 is 21.1 Å². The van der Waals surface area contributed by atoms with Crippen molar-refractivity contribution in [2.75, 3.05) is 25.6 Å². The molecular weight excluding hydrogens is 275 g/mol. The third-order valence-electron chi connectivity index (χ3n) is 2.46. The normalized spacial score (nSPS) is 12.8. The number of hydrogen-bond donors (Lipinski definition) is 3. The van der Waals surface area contributed by atoms with E-state index in [1.807, 2.05) is 0 Å². The Balaban J connectivity index is 2.58. The van der Waals surface area contributed by atoms with E-state index in [0.717, 1.165) is 12.1 Å². The Hall–Kier alpha value is -1.80. The summed E-state index contributed by atoms with van der Waals surface area (Å²) in [6.45, 7) is 0.436. The SMILES string of the molecule is COCC(CN)NC(=O)Nc1ccc(C(F)(F)F)cc1. The van der Waals surface area contributed by atoms with Gasteiger partial charge >= 0.3 is 12.2 Å². The Morgan fingerprint density at radius 1 is 1.35 bits per heavy atom. The van der Waals surface area contributed by atoms with Crippen molar-refractivity contribution in [1.82, 2.24) is 5.32 Å². The summed E-state index contributed by atoms with van der Waals surface area (Å²) in [4.78, 5) is 11.6. The molecule has 1 aromatic carbocycles. The second kappa shape index (κ2) is 7.11. The van der Waals surface area contributed by atoms with Gasteiger partial charge in [0.05, 0.1) is 18.2 Å². The first-order valence-corrected chi connectivity index (χ1v) is 5.80. The summed E-state index contributed by atoms with van der Waals surface area (Å²) in [6, 6.07) is 3.22. The lowest BCUT2D eigenvalue weighted by Gasteiger charge is -2.16. The number of hydrogen-bond acceptors (Lipinski definition) is 3. The molecule has 5 nitrogen and oxygen atoms in total. The number of anilines is 1. The molecule has 0 saturated heterocycles. The summed E-state index contributed by atoms with van der Waals surface area (Å²) in [5.74, 6) is 0. The molecule has 0 saturated carbocycles. The molecule has 1 aromatic rings. The van der Waals surface area contributed by atoms with Crippen molar-refractivity contribution >= 4 is 11.7 Å². The maximum absolute atomic E-state index is 12.4. The third kappa shape index (κ3) is 5.06. The standard InChI is InChI=1S/C12H16F3N3O2/c1-20-7-10(6-16)18-11(19)17-9-4-2-8(3-5-9)12(13,14)15/h2-5,10H,6-7,16H2,1H3,(H2,17,18,19). The molecule has 2 amide bonds. The Kier molecular flexibility index (Phi) is 5.78. The van der Waals surface area contributed by atoms with Crippen LogP contribution >= 0.6 is 0 Å². The van der Waals surface area contributed by atoms with Crippen LogP contribution in [-0.4, -0.2) is 32.3 Å². The highest BCUT2D eigenvalue weighted by Crippen LogP contribution is 2.29. The molecule has 112 valence electrons. The maximum Gasteiger partial charge on any atom is 0.416 e. The van der Waals surface area contributed by atoms with Crippen molar-refractivity contribution in [3.8, 4) is 0 Å². The number of methoxy groups -OCH3 is 1. The van der Waals surface area contributed by atoms with Crippen LogP contribution in [0.2, 0.25) is 0 Å². The van der Waals surface area contributed by atoms with Gasteiger partial charge in [0, 0.05) is 19.3 Å². The van der Waals surface area contributed by atoms with E-state index >= 15 is 0 Å². The highest BCUT2D eigenvalue weighted by molar-refractivity contribution is 5.89. The van der Waals surface area contributed by atoms with E-state index in [1.165, 1.54) is 19.2 Å². The van der Waals surface area contributed by atoms with Gasteiger partial charge in [0.1, 0.15) is 0 Å². The molecule has 0 radical (unpaired) electrons. The van der Waals surface area contributed by atoms with Crippen LogP contribution in [0.4, 0.5) is 23.7 Å². The van der Waals surface area contributed by atoms with E-state index in [9.17, 15) is 18.0 Å². The van der Waals surface area contributed by atoms with Crippen LogP contribution in [0, 0.1) is 0 Å². The number of amides is 2. The average molecular weight is 291 g/mol. The molecule has 0 spiro atoms. The van der Waals surface area contributed by atoms with Gasteiger partial charge in [-0.25, -0.2) is 4.79 Å². The topological polar surface area (TPSA) is 76.4 Å². The van der Waals surface area contributed by atoms with Crippen molar-refractivity contribution < 1.29 is 22.7 Å². The Bertz CT molecular complexity index is 435. The molecule has 4 N–H and O–H groups in total. The molecule has 0 heterocycles. The van der Waals surface area contributed by atoms with E-state index in [4.69, 9.17) is 10.5 Å². The van der Waals surface area contributed by atoms with Crippen molar-refractivity contribution in [3.63, 3.8) is 0 Å². The highest BCUT2D eigenvalue weighted by atomic mass is 19.4. The van der Waals surface area contributed by atoms with Gasteiger partial charge in [0.2, 0.25) is 0 Å². The van der Waals surface area contributed by atoms with Gasteiger partial charge in [0.25, 0.3) is 0 Å². The highest BCUT2D eigenvalue weighted by Gasteiger charge is 2.29. The average Bonchev–Trinajstić information content (AvgIpc) is 2.37.